The van der Waals surface area contributed by atoms with E-state index in [-0.39, 0.29) is 24.2 Å². The van der Waals surface area contributed by atoms with Gasteiger partial charge in [0, 0.05) is 11.3 Å². The SMILES string of the molecule is CCN(CC)CCCCCCOc1ccccc1C(=O)NC1CCCc2ccccc2N1C(=O)c1ccccc1.Cl. The van der Waals surface area contributed by atoms with E-state index in [1.54, 1.807) is 11.0 Å². The topological polar surface area (TPSA) is 61.9 Å². The van der Waals surface area contributed by atoms with Gasteiger partial charge in [-0.3, -0.25) is 14.5 Å². The lowest BCUT2D eigenvalue weighted by Gasteiger charge is -2.32. The number of rotatable bonds is 13. The maximum Gasteiger partial charge on any atom is 0.259 e. The lowest BCUT2D eigenvalue weighted by molar-refractivity contribution is 0.0909. The molecule has 0 saturated carbocycles. The molecule has 4 rings (SSSR count). The molecule has 1 unspecified atom stereocenters. The molecule has 0 aromatic heterocycles. The number of ether oxygens (including phenoxy) is 1. The third kappa shape index (κ3) is 8.82. The first-order chi connectivity index (χ1) is 19.6. The van der Waals surface area contributed by atoms with Crippen molar-refractivity contribution in [2.75, 3.05) is 31.1 Å². The van der Waals surface area contributed by atoms with Crippen molar-refractivity contribution in [2.45, 2.75) is 65.0 Å². The van der Waals surface area contributed by atoms with E-state index in [0.29, 0.717) is 29.9 Å². The van der Waals surface area contributed by atoms with Gasteiger partial charge in [0.1, 0.15) is 11.9 Å². The van der Waals surface area contributed by atoms with E-state index in [1.807, 2.05) is 66.7 Å². The molecule has 41 heavy (non-hydrogen) atoms. The summed E-state index contributed by atoms with van der Waals surface area (Å²) < 4.78 is 6.09. The van der Waals surface area contributed by atoms with Gasteiger partial charge in [-0.05, 0) is 87.6 Å². The summed E-state index contributed by atoms with van der Waals surface area (Å²) in [5.41, 5.74) is 3.06. The summed E-state index contributed by atoms with van der Waals surface area (Å²) in [4.78, 5) is 31.6. The molecule has 0 radical (unpaired) electrons. The van der Waals surface area contributed by atoms with Crippen LogP contribution in [-0.4, -0.2) is 49.1 Å². The molecule has 1 heterocycles. The fourth-order valence-electron chi connectivity index (χ4n) is 5.37. The quantitative estimate of drug-likeness (QED) is 0.220. The molecular weight excluding hydrogens is 534 g/mol. The van der Waals surface area contributed by atoms with Gasteiger partial charge < -0.3 is 15.0 Å². The molecule has 1 atom stereocenters. The Morgan fingerprint density at radius 2 is 1.56 bits per heavy atom. The van der Waals surface area contributed by atoms with Crippen LogP contribution in [-0.2, 0) is 6.42 Å². The maximum absolute atomic E-state index is 13.8. The van der Waals surface area contributed by atoms with Crippen LogP contribution in [0.4, 0.5) is 5.69 Å². The lowest BCUT2D eigenvalue weighted by atomic mass is 10.1. The Balaban J connectivity index is 0.00000462. The summed E-state index contributed by atoms with van der Waals surface area (Å²) in [5.74, 6) is 0.231. The first-order valence-electron chi connectivity index (χ1n) is 14.8. The fourth-order valence-corrected chi connectivity index (χ4v) is 5.37. The monoisotopic (exact) mass is 577 g/mol. The molecule has 6 nitrogen and oxygen atoms in total. The predicted octanol–water partition coefficient (Wildman–Crippen LogP) is 7.13. The van der Waals surface area contributed by atoms with E-state index >= 15 is 0 Å². The lowest BCUT2D eigenvalue weighted by Crippen LogP contribution is -2.51. The number of para-hydroxylation sites is 2. The average Bonchev–Trinajstić information content (AvgIpc) is 3.18. The van der Waals surface area contributed by atoms with Crippen LogP contribution < -0.4 is 15.0 Å². The van der Waals surface area contributed by atoms with E-state index in [2.05, 4.69) is 30.1 Å². The Morgan fingerprint density at radius 1 is 0.878 bits per heavy atom. The van der Waals surface area contributed by atoms with E-state index < -0.39 is 6.17 Å². The highest BCUT2D eigenvalue weighted by molar-refractivity contribution is 6.07. The minimum atomic E-state index is -0.470. The number of aryl methyl sites for hydroxylation is 1. The number of amides is 2. The number of hydrogen-bond acceptors (Lipinski definition) is 4. The van der Waals surface area contributed by atoms with E-state index in [1.165, 1.54) is 12.8 Å². The van der Waals surface area contributed by atoms with Crippen LogP contribution in [0.1, 0.15) is 78.7 Å². The Morgan fingerprint density at radius 3 is 2.34 bits per heavy atom. The summed E-state index contributed by atoms with van der Waals surface area (Å²) in [5, 5.41) is 3.18. The number of fused-ring (bicyclic) bond motifs is 1. The van der Waals surface area contributed by atoms with Crippen molar-refractivity contribution in [3.63, 3.8) is 0 Å². The summed E-state index contributed by atoms with van der Waals surface area (Å²) in [6.07, 6.45) is 6.35. The summed E-state index contributed by atoms with van der Waals surface area (Å²) in [6, 6.07) is 24.6. The van der Waals surface area contributed by atoms with Crippen LogP contribution in [0.2, 0.25) is 0 Å². The summed E-state index contributed by atoms with van der Waals surface area (Å²) in [6.45, 7) is 8.34. The van der Waals surface area contributed by atoms with Gasteiger partial charge in [0.15, 0.2) is 0 Å². The number of nitrogens with one attached hydrogen (secondary N) is 1. The minimum absolute atomic E-state index is 0. The number of unbranched alkanes of at least 4 members (excludes halogenated alkanes) is 3. The molecule has 3 aromatic carbocycles. The normalized spacial score (nSPS) is 14.5. The Hall–Kier alpha value is -3.35. The van der Waals surface area contributed by atoms with Gasteiger partial charge in [0.25, 0.3) is 11.8 Å². The van der Waals surface area contributed by atoms with Gasteiger partial charge in [0.05, 0.1) is 12.2 Å². The Kier molecular flexibility index (Phi) is 13.2. The van der Waals surface area contributed by atoms with Crippen molar-refractivity contribution >= 4 is 29.9 Å². The standard InChI is InChI=1S/C34H43N3O3.ClH/c1-3-36(4-2)25-14-5-6-15-26-40-31-23-13-11-21-29(31)33(38)35-32-24-16-20-27-17-10-12-22-30(27)37(32)34(39)28-18-8-7-9-19-28;/h7-13,17-19,21-23,32H,3-6,14-16,20,24-26H2,1-2H3,(H,35,38);1H. The second kappa shape index (κ2) is 16.8. The van der Waals surface area contributed by atoms with Crippen LogP contribution in [0.15, 0.2) is 78.9 Å². The van der Waals surface area contributed by atoms with Crippen molar-refractivity contribution in [3.05, 3.63) is 95.6 Å². The van der Waals surface area contributed by atoms with Crippen LogP contribution in [0.5, 0.6) is 5.75 Å². The zero-order valence-electron chi connectivity index (χ0n) is 24.4. The van der Waals surface area contributed by atoms with E-state index in [4.69, 9.17) is 4.74 Å². The molecule has 0 spiro atoms. The van der Waals surface area contributed by atoms with Crippen molar-refractivity contribution < 1.29 is 14.3 Å². The largest absolute Gasteiger partial charge is 0.493 e. The highest BCUT2D eigenvalue weighted by Gasteiger charge is 2.31. The molecule has 1 aliphatic rings. The Bertz CT molecular complexity index is 1230. The minimum Gasteiger partial charge on any atom is -0.493 e. The van der Waals surface area contributed by atoms with Crippen LogP contribution in [0.3, 0.4) is 0 Å². The third-order valence-corrected chi connectivity index (χ3v) is 7.68. The zero-order valence-corrected chi connectivity index (χ0v) is 25.2. The molecule has 1 aliphatic heterocycles. The van der Waals surface area contributed by atoms with Crippen molar-refractivity contribution in [2.24, 2.45) is 0 Å². The number of hydrogen-bond donors (Lipinski definition) is 1. The van der Waals surface area contributed by atoms with Gasteiger partial charge in [-0.2, -0.15) is 0 Å². The average molecular weight is 578 g/mol. The number of halogens is 1. The Labute approximate surface area is 251 Å². The van der Waals surface area contributed by atoms with Crippen molar-refractivity contribution in [1.82, 2.24) is 10.2 Å². The zero-order chi connectivity index (χ0) is 28.2. The molecule has 0 aliphatic carbocycles. The molecule has 1 N–H and O–H groups in total. The van der Waals surface area contributed by atoms with Crippen LogP contribution in [0, 0.1) is 0 Å². The molecular formula is C34H44ClN3O3. The summed E-state index contributed by atoms with van der Waals surface area (Å²) in [7, 11) is 0. The number of anilines is 1. The van der Waals surface area contributed by atoms with Crippen LogP contribution in [0.25, 0.3) is 0 Å². The molecule has 0 fully saturated rings. The molecule has 0 bridgehead atoms. The van der Waals surface area contributed by atoms with Gasteiger partial charge in [-0.15, -0.1) is 12.4 Å². The highest BCUT2D eigenvalue weighted by Crippen LogP contribution is 2.31. The number of carbonyl (C=O) groups is 2. The number of benzene rings is 3. The highest BCUT2D eigenvalue weighted by atomic mass is 35.5. The van der Waals surface area contributed by atoms with Gasteiger partial charge >= 0.3 is 0 Å². The summed E-state index contributed by atoms with van der Waals surface area (Å²) >= 11 is 0. The molecule has 3 aromatic rings. The van der Waals surface area contributed by atoms with Crippen LogP contribution >= 0.6 is 12.4 Å². The van der Waals surface area contributed by atoms with Gasteiger partial charge in [0.2, 0.25) is 0 Å². The first-order valence-corrected chi connectivity index (χ1v) is 14.8. The smallest absolute Gasteiger partial charge is 0.259 e. The van der Waals surface area contributed by atoms with Crippen molar-refractivity contribution in [1.29, 1.82) is 0 Å². The second-order valence-corrected chi connectivity index (χ2v) is 10.3. The second-order valence-electron chi connectivity index (χ2n) is 10.3. The van der Waals surface area contributed by atoms with Gasteiger partial charge in [-0.1, -0.05) is 75.2 Å². The molecule has 7 heteroatoms. The number of carbonyl (C=O) groups excluding carboxylic acids is 2. The molecule has 0 saturated heterocycles. The van der Waals surface area contributed by atoms with Crippen molar-refractivity contribution in [3.8, 4) is 5.75 Å². The third-order valence-electron chi connectivity index (χ3n) is 7.68. The fraction of sp³-hybridized carbons (Fsp3) is 0.412. The first kappa shape index (κ1) is 32.2. The number of nitrogens with zero attached hydrogens (tertiary/aromatic N) is 2. The maximum atomic E-state index is 13.8. The molecule has 2 amide bonds. The van der Waals surface area contributed by atoms with E-state index in [9.17, 15) is 9.59 Å². The molecule has 220 valence electrons. The van der Waals surface area contributed by atoms with Gasteiger partial charge in [-0.25, -0.2) is 0 Å². The predicted molar refractivity (Wildman–Crippen MR) is 169 cm³/mol. The van der Waals surface area contributed by atoms with E-state index in [0.717, 1.165) is 56.6 Å².